The first-order valence-electron chi connectivity index (χ1n) is 10.9. The summed E-state index contributed by atoms with van der Waals surface area (Å²) in [6, 6.07) is 8.89. The Morgan fingerprint density at radius 2 is 1.72 bits per heavy atom. The van der Waals surface area contributed by atoms with E-state index in [1.54, 1.807) is 18.2 Å². The van der Waals surface area contributed by atoms with Crippen LogP contribution in [0.3, 0.4) is 0 Å². The highest BCUT2D eigenvalue weighted by Gasteiger charge is 2.45. The summed E-state index contributed by atoms with van der Waals surface area (Å²) in [7, 11) is 1.29. The van der Waals surface area contributed by atoms with Gasteiger partial charge in [0.1, 0.15) is 36.3 Å². The highest BCUT2D eigenvalue weighted by molar-refractivity contribution is 5.86. The number of aliphatic carboxylic acids is 1. The second-order valence-electron chi connectivity index (χ2n) is 8.00. The molecule has 0 spiro atoms. The molecule has 1 saturated heterocycles. The molecule has 11 heteroatoms. The molecular weight excluding hydrogens is 476 g/mol. The second kappa shape index (κ2) is 12.0. The van der Waals surface area contributed by atoms with Gasteiger partial charge in [0.2, 0.25) is 0 Å². The molecule has 1 fully saturated rings. The Labute approximate surface area is 206 Å². The number of phenolic OH excluding ortho intramolecular Hbond substituents is 2. The minimum Gasteiger partial charge on any atom is -0.508 e. The summed E-state index contributed by atoms with van der Waals surface area (Å²) in [6.07, 6.45) is -3.71. The number of methoxy groups -OCH3 is 1. The van der Waals surface area contributed by atoms with Gasteiger partial charge in [-0.1, -0.05) is 30.4 Å². The fourth-order valence-corrected chi connectivity index (χ4v) is 3.74. The van der Waals surface area contributed by atoms with Gasteiger partial charge in [-0.15, -0.1) is 0 Å². The first kappa shape index (κ1) is 27.1. The average molecular weight is 504 g/mol. The first-order chi connectivity index (χ1) is 17.2. The van der Waals surface area contributed by atoms with Crippen molar-refractivity contribution in [2.24, 2.45) is 0 Å². The molecule has 3 rings (SSSR count). The summed E-state index contributed by atoms with van der Waals surface area (Å²) in [5.41, 5.74) is 1.09. The maximum atomic E-state index is 11.1. The van der Waals surface area contributed by atoms with Gasteiger partial charge in [-0.3, -0.25) is 0 Å². The van der Waals surface area contributed by atoms with E-state index in [0.29, 0.717) is 5.56 Å². The van der Waals surface area contributed by atoms with E-state index in [4.69, 9.17) is 19.3 Å². The number of carboxylic acid groups (broad SMARTS) is 1. The molecule has 0 unspecified atom stereocenters. The van der Waals surface area contributed by atoms with Crippen LogP contribution in [0.1, 0.15) is 22.8 Å². The van der Waals surface area contributed by atoms with Crippen molar-refractivity contribution in [2.45, 2.75) is 36.8 Å². The van der Waals surface area contributed by atoms with Gasteiger partial charge in [0.25, 0.3) is 0 Å². The van der Waals surface area contributed by atoms with E-state index in [0.717, 1.165) is 6.08 Å². The fraction of sp³-hybridized carbons (Fsp3) is 0.320. The number of benzene rings is 2. The Morgan fingerprint density at radius 1 is 1.03 bits per heavy atom. The van der Waals surface area contributed by atoms with Crippen LogP contribution in [-0.2, 0) is 14.3 Å². The first-order valence-corrected chi connectivity index (χ1v) is 10.9. The molecule has 7 N–H and O–H groups in total. The molecule has 0 amide bonds. The molecule has 194 valence electrons. The molecule has 2 aromatic carbocycles. The van der Waals surface area contributed by atoms with Gasteiger partial charge in [0.15, 0.2) is 17.8 Å². The molecule has 1 aliphatic heterocycles. The summed E-state index contributed by atoms with van der Waals surface area (Å²) in [5.74, 6) is -1.50. The lowest BCUT2D eigenvalue weighted by molar-refractivity contribution is -0.308. The molecule has 11 nitrogen and oxygen atoms in total. The van der Waals surface area contributed by atoms with Crippen LogP contribution in [0.5, 0.6) is 17.2 Å². The number of hydrogen-bond donors (Lipinski definition) is 7. The molecule has 0 saturated carbocycles. The molecule has 0 radical (unpaired) electrons. The Morgan fingerprint density at radius 3 is 2.33 bits per heavy atom. The smallest absolute Gasteiger partial charge is 0.328 e. The number of carbonyl (C=O) groups is 1. The monoisotopic (exact) mass is 504 g/mol. The van der Waals surface area contributed by atoms with E-state index >= 15 is 0 Å². The molecule has 36 heavy (non-hydrogen) atoms. The molecular formula is C25H28O11. The van der Waals surface area contributed by atoms with Crippen molar-refractivity contribution in [2.75, 3.05) is 13.7 Å². The van der Waals surface area contributed by atoms with Crippen LogP contribution in [0.25, 0.3) is 12.2 Å². The van der Waals surface area contributed by atoms with Crippen LogP contribution < -0.4 is 4.74 Å². The lowest BCUT2D eigenvalue weighted by Crippen LogP contribution is -2.59. The quantitative estimate of drug-likeness (QED) is 0.239. The number of aliphatic hydroxyl groups is 4. The summed E-state index contributed by atoms with van der Waals surface area (Å²) in [6.45, 7) is -0.666. The van der Waals surface area contributed by atoms with Gasteiger partial charge < -0.3 is 50.0 Å². The highest BCUT2D eigenvalue weighted by Crippen LogP contribution is 2.41. The SMILES string of the molecule is COc1c(O)ccc(C=CC(=O)O)c1[C@H](C=Cc1ccc(O)cc1)O[C@@H]1O[C@H](CO)[C@@H](O)[C@H](O)[C@H]1O. The van der Waals surface area contributed by atoms with Crippen molar-refractivity contribution < 1.29 is 54.8 Å². The molecule has 0 aromatic heterocycles. The minimum atomic E-state index is -1.71. The molecule has 0 bridgehead atoms. The van der Waals surface area contributed by atoms with E-state index in [9.17, 15) is 35.4 Å². The zero-order chi connectivity index (χ0) is 26.4. The number of aromatic hydroxyl groups is 2. The summed E-state index contributed by atoms with van der Waals surface area (Å²) in [5, 5.41) is 69.3. The van der Waals surface area contributed by atoms with Gasteiger partial charge in [-0.05, 0) is 35.4 Å². The third-order valence-electron chi connectivity index (χ3n) is 5.59. The largest absolute Gasteiger partial charge is 0.508 e. The maximum absolute atomic E-state index is 11.1. The number of aliphatic hydroxyl groups excluding tert-OH is 4. The fourth-order valence-electron chi connectivity index (χ4n) is 3.74. The topological polar surface area (TPSA) is 186 Å². The van der Waals surface area contributed by atoms with Crippen LogP contribution in [0.15, 0.2) is 48.6 Å². The van der Waals surface area contributed by atoms with E-state index in [-0.39, 0.29) is 28.4 Å². The van der Waals surface area contributed by atoms with Gasteiger partial charge >= 0.3 is 5.97 Å². The Bertz CT molecular complexity index is 1090. The van der Waals surface area contributed by atoms with Crippen LogP contribution in [0.4, 0.5) is 0 Å². The van der Waals surface area contributed by atoms with E-state index in [1.807, 2.05) is 0 Å². The second-order valence-corrected chi connectivity index (χ2v) is 8.00. The van der Waals surface area contributed by atoms with Gasteiger partial charge in [0, 0.05) is 11.6 Å². The van der Waals surface area contributed by atoms with E-state index in [1.165, 1.54) is 43.5 Å². The van der Waals surface area contributed by atoms with Gasteiger partial charge in [-0.25, -0.2) is 4.79 Å². The lowest BCUT2D eigenvalue weighted by atomic mass is 9.97. The third-order valence-corrected chi connectivity index (χ3v) is 5.59. The van der Waals surface area contributed by atoms with Gasteiger partial charge in [0.05, 0.1) is 13.7 Å². The van der Waals surface area contributed by atoms with Crippen LogP contribution in [0.2, 0.25) is 0 Å². The van der Waals surface area contributed by atoms with E-state index < -0.39 is 49.4 Å². The van der Waals surface area contributed by atoms with Crippen molar-refractivity contribution in [1.29, 1.82) is 0 Å². The normalized spacial score (nSPS) is 25.3. The van der Waals surface area contributed by atoms with Crippen molar-refractivity contribution >= 4 is 18.1 Å². The Kier molecular flexibility index (Phi) is 9.04. The number of ether oxygens (including phenoxy) is 3. The summed E-state index contributed by atoms with van der Waals surface area (Å²) in [4.78, 5) is 11.1. The predicted octanol–water partition coefficient (Wildman–Crippen LogP) is 0.775. The van der Waals surface area contributed by atoms with Crippen LogP contribution in [0, 0.1) is 0 Å². The van der Waals surface area contributed by atoms with Crippen LogP contribution >= 0.6 is 0 Å². The van der Waals surface area contributed by atoms with E-state index in [2.05, 4.69) is 0 Å². The van der Waals surface area contributed by atoms with Crippen molar-refractivity contribution in [3.05, 3.63) is 65.2 Å². The Balaban J connectivity index is 2.10. The maximum Gasteiger partial charge on any atom is 0.328 e. The average Bonchev–Trinajstić information content (AvgIpc) is 2.86. The lowest BCUT2D eigenvalue weighted by Gasteiger charge is -2.40. The summed E-state index contributed by atoms with van der Waals surface area (Å²) >= 11 is 0. The number of hydrogen-bond acceptors (Lipinski definition) is 10. The zero-order valence-corrected chi connectivity index (χ0v) is 19.2. The standard InChI is InChI=1S/C25H28O11/c1-34-24-16(28)9-5-14(6-11-19(29)30)20(24)17(10-4-13-2-7-15(27)8-3-13)35-25-23(33)22(32)21(31)18(12-26)36-25/h2-11,17-18,21-23,25-28,31-33H,12H2,1H3,(H,29,30)/t17-,18+,21+,22-,23+,25+/m0/s1. The molecule has 1 aliphatic rings. The van der Waals surface area contributed by atoms with Crippen molar-refractivity contribution in [3.63, 3.8) is 0 Å². The van der Waals surface area contributed by atoms with Crippen LogP contribution in [-0.4, -0.2) is 86.1 Å². The Hall–Kier alpha value is -3.45. The van der Waals surface area contributed by atoms with Gasteiger partial charge in [-0.2, -0.15) is 0 Å². The molecule has 0 aliphatic carbocycles. The number of phenols is 2. The minimum absolute atomic E-state index is 0.0486. The summed E-state index contributed by atoms with van der Waals surface area (Å²) < 4.78 is 16.8. The zero-order valence-electron chi connectivity index (χ0n) is 19.2. The van der Waals surface area contributed by atoms with Crippen molar-refractivity contribution in [1.82, 2.24) is 0 Å². The van der Waals surface area contributed by atoms with Crippen molar-refractivity contribution in [3.8, 4) is 17.2 Å². The number of carboxylic acids is 1. The molecule has 6 atom stereocenters. The third kappa shape index (κ3) is 6.21. The predicted molar refractivity (Wildman–Crippen MR) is 126 cm³/mol. The molecule has 1 heterocycles. The molecule has 2 aromatic rings. The highest BCUT2D eigenvalue weighted by atomic mass is 16.7. The number of rotatable bonds is 9.